The standard InChI is InChI=1S/C18H25N3O3/c1-13(2)6-5-11-19-16(22)9-10-18(24)21-12-17(23)20-14-7-3-4-8-15(14)21/h3-4,7-8,13H,5-6,9-12H2,1-2H3,(H,19,22)(H,20,23). The smallest absolute Gasteiger partial charge is 0.244 e. The third kappa shape index (κ3) is 5.08. The maximum Gasteiger partial charge on any atom is 0.244 e. The van der Waals surface area contributed by atoms with E-state index in [2.05, 4.69) is 24.5 Å². The minimum Gasteiger partial charge on any atom is -0.356 e. The van der Waals surface area contributed by atoms with Gasteiger partial charge in [0, 0.05) is 19.4 Å². The Kier molecular flexibility index (Phi) is 6.35. The molecule has 0 aromatic heterocycles. The maximum absolute atomic E-state index is 12.4. The van der Waals surface area contributed by atoms with Crippen LogP contribution in [0.4, 0.5) is 11.4 Å². The van der Waals surface area contributed by atoms with Crippen molar-refractivity contribution in [3.63, 3.8) is 0 Å². The van der Waals surface area contributed by atoms with Crippen LogP contribution in [0.1, 0.15) is 39.5 Å². The number of nitrogens with one attached hydrogen (secondary N) is 2. The molecule has 2 N–H and O–H groups in total. The van der Waals surface area contributed by atoms with E-state index in [-0.39, 0.29) is 37.1 Å². The van der Waals surface area contributed by atoms with E-state index in [1.165, 1.54) is 4.90 Å². The summed E-state index contributed by atoms with van der Waals surface area (Å²) in [6, 6.07) is 7.17. The molecule has 3 amide bonds. The zero-order valence-corrected chi connectivity index (χ0v) is 14.3. The lowest BCUT2D eigenvalue weighted by molar-refractivity contribution is -0.125. The van der Waals surface area contributed by atoms with Crippen molar-refractivity contribution in [3.8, 4) is 0 Å². The number of fused-ring (bicyclic) bond motifs is 1. The molecule has 1 aromatic rings. The van der Waals surface area contributed by atoms with Gasteiger partial charge in [0.2, 0.25) is 17.7 Å². The second-order valence-corrected chi connectivity index (χ2v) is 6.43. The largest absolute Gasteiger partial charge is 0.356 e. The van der Waals surface area contributed by atoms with Crippen molar-refractivity contribution in [1.82, 2.24) is 5.32 Å². The molecule has 1 aliphatic rings. The van der Waals surface area contributed by atoms with E-state index in [1.807, 2.05) is 6.07 Å². The first-order valence-electron chi connectivity index (χ1n) is 8.43. The molecular formula is C18H25N3O3. The molecule has 2 rings (SSSR count). The van der Waals surface area contributed by atoms with Crippen molar-refractivity contribution >= 4 is 29.1 Å². The molecule has 24 heavy (non-hydrogen) atoms. The summed E-state index contributed by atoms with van der Waals surface area (Å²) in [5.41, 5.74) is 1.31. The molecule has 6 nitrogen and oxygen atoms in total. The highest BCUT2D eigenvalue weighted by molar-refractivity contribution is 6.10. The lowest BCUT2D eigenvalue weighted by Gasteiger charge is -2.29. The summed E-state index contributed by atoms with van der Waals surface area (Å²) in [4.78, 5) is 37.4. The van der Waals surface area contributed by atoms with Crippen LogP contribution in [0.15, 0.2) is 24.3 Å². The molecule has 1 heterocycles. The third-order valence-corrected chi connectivity index (χ3v) is 3.92. The predicted molar refractivity (Wildman–Crippen MR) is 93.7 cm³/mol. The Bertz CT molecular complexity index is 613. The number of amides is 3. The molecule has 0 spiro atoms. The molecule has 0 radical (unpaired) electrons. The van der Waals surface area contributed by atoms with Crippen LogP contribution < -0.4 is 15.5 Å². The number of carbonyl (C=O) groups excluding carboxylic acids is 3. The van der Waals surface area contributed by atoms with Gasteiger partial charge in [-0.05, 0) is 30.9 Å². The summed E-state index contributed by atoms with van der Waals surface area (Å²) in [5, 5.41) is 5.58. The van der Waals surface area contributed by atoms with Gasteiger partial charge in [0.05, 0.1) is 11.4 Å². The average Bonchev–Trinajstić information content (AvgIpc) is 2.55. The van der Waals surface area contributed by atoms with Gasteiger partial charge in [0.15, 0.2) is 0 Å². The van der Waals surface area contributed by atoms with E-state index in [0.29, 0.717) is 23.8 Å². The van der Waals surface area contributed by atoms with Crippen LogP contribution >= 0.6 is 0 Å². The molecular weight excluding hydrogens is 306 g/mol. The number of benzene rings is 1. The highest BCUT2D eigenvalue weighted by atomic mass is 16.2. The minimum absolute atomic E-state index is 0.00808. The molecule has 6 heteroatoms. The molecule has 0 saturated heterocycles. The average molecular weight is 331 g/mol. The Morgan fingerprint density at radius 2 is 2.00 bits per heavy atom. The van der Waals surface area contributed by atoms with Crippen molar-refractivity contribution in [3.05, 3.63) is 24.3 Å². The summed E-state index contributed by atoms with van der Waals surface area (Å²) >= 11 is 0. The molecule has 0 aliphatic carbocycles. The van der Waals surface area contributed by atoms with Crippen LogP contribution in [-0.2, 0) is 14.4 Å². The Hall–Kier alpha value is -2.37. The van der Waals surface area contributed by atoms with Crippen molar-refractivity contribution in [2.75, 3.05) is 23.3 Å². The summed E-state index contributed by atoms with van der Waals surface area (Å²) in [6.45, 7) is 4.92. The number of carbonyl (C=O) groups is 3. The van der Waals surface area contributed by atoms with E-state index in [1.54, 1.807) is 18.2 Å². The van der Waals surface area contributed by atoms with Crippen LogP contribution in [0.5, 0.6) is 0 Å². The van der Waals surface area contributed by atoms with Gasteiger partial charge < -0.3 is 15.5 Å². The highest BCUT2D eigenvalue weighted by Crippen LogP contribution is 2.29. The predicted octanol–water partition coefficient (Wildman–Crippen LogP) is 2.30. The fourth-order valence-electron chi connectivity index (χ4n) is 2.64. The van der Waals surface area contributed by atoms with E-state index in [0.717, 1.165) is 12.8 Å². The van der Waals surface area contributed by atoms with Crippen molar-refractivity contribution < 1.29 is 14.4 Å². The molecule has 1 aromatic carbocycles. The van der Waals surface area contributed by atoms with Crippen LogP contribution in [0, 0.1) is 5.92 Å². The van der Waals surface area contributed by atoms with Crippen molar-refractivity contribution in [1.29, 1.82) is 0 Å². The fraction of sp³-hybridized carbons (Fsp3) is 0.500. The van der Waals surface area contributed by atoms with Crippen LogP contribution in [-0.4, -0.2) is 30.8 Å². The quantitative estimate of drug-likeness (QED) is 0.753. The monoisotopic (exact) mass is 331 g/mol. The number of rotatable bonds is 7. The summed E-state index contributed by atoms with van der Waals surface area (Å²) in [6.07, 6.45) is 2.24. The Morgan fingerprint density at radius 1 is 1.25 bits per heavy atom. The molecule has 0 saturated carbocycles. The molecule has 130 valence electrons. The second kappa shape index (κ2) is 8.47. The van der Waals surface area contributed by atoms with Gasteiger partial charge in [-0.2, -0.15) is 0 Å². The third-order valence-electron chi connectivity index (χ3n) is 3.92. The molecule has 0 fully saturated rings. The van der Waals surface area contributed by atoms with Gasteiger partial charge in [0.25, 0.3) is 0 Å². The minimum atomic E-state index is -0.222. The number of nitrogens with zero attached hydrogens (tertiary/aromatic N) is 1. The summed E-state index contributed by atoms with van der Waals surface area (Å²) in [5.74, 6) is 0.0606. The van der Waals surface area contributed by atoms with Gasteiger partial charge in [-0.25, -0.2) is 0 Å². The van der Waals surface area contributed by atoms with E-state index in [4.69, 9.17) is 0 Å². The SMILES string of the molecule is CC(C)CCCNC(=O)CCC(=O)N1CC(=O)Nc2ccccc21. The first kappa shape index (κ1) is 18.0. The summed E-state index contributed by atoms with van der Waals surface area (Å²) < 4.78 is 0. The summed E-state index contributed by atoms with van der Waals surface area (Å²) in [7, 11) is 0. The van der Waals surface area contributed by atoms with Crippen LogP contribution in [0.2, 0.25) is 0 Å². The Labute approximate surface area is 142 Å². The molecule has 0 bridgehead atoms. The van der Waals surface area contributed by atoms with Gasteiger partial charge in [0.1, 0.15) is 6.54 Å². The Morgan fingerprint density at radius 3 is 2.75 bits per heavy atom. The molecule has 0 unspecified atom stereocenters. The van der Waals surface area contributed by atoms with Crippen molar-refractivity contribution in [2.45, 2.75) is 39.5 Å². The lowest BCUT2D eigenvalue weighted by atomic mass is 10.1. The van der Waals surface area contributed by atoms with Gasteiger partial charge in [-0.15, -0.1) is 0 Å². The molecule has 0 atom stereocenters. The first-order chi connectivity index (χ1) is 11.5. The lowest BCUT2D eigenvalue weighted by Crippen LogP contribution is -2.42. The first-order valence-corrected chi connectivity index (χ1v) is 8.43. The van der Waals surface area contributed by atoms with Crippen LogP contribution in [0.3, 0.4) is 0 Å². The zero-order chi connectivity index (χ0) is 17.5. The number of anilines is 2. The van der Waals surface area contributed by atoms with Gasteiger partial charge in [-0.1, -0.05) is 26.0 Å². The van der Waals surface area contributed by atoms with Crippen LogP contribution in [0.25, 0.3) is 0 Å². The van der Waals surface area contributed by atoms with Gasteiger partial charge >= 0.3 is 0 Å². The van der Waals surface area contributed by atoms with E-state index >= 15 is 0 Å². The Balaban J connectivity index is 1.82. The van der Waals surface area contributed by atoms with Gasteiger partial charge in [-0.3, -0.25) is 14.4 Å². The fourth-order valence-corrected chi connectivity index (χ4v) is 2.64. The normalized spacial score (nSPS) is 13.5. The van der Waals surface area contributed by atoms with E-state index in [9.17, 15) is 14.4 Å². The second-order valence-electron chi connectivity index (χ2n) is 6.43. The van der Waals surface area contributed by atoms with Crippen molar-refractivity contribution in [2.24, 2.45) is 5.92 Å². The zero-order valence-electron chi connectivity index (χ0n) is 14.3. The topological polar surface area (TPSA) is 78.5 Å². The number of hydrogen-bond donors (Lipinski definition) is 2. The van der Waals surface area contributed by atoms with E-state index < -0.39 is 0 Å². The number of hydrogen-bond acceptors (Lipinski definition) is 3. The highest BCUT2D eigenvalue weighted by Gasteiger charge is 2.26. The molecule has 1 aliphatic heterocycles. The number of para-hydroxylation sites is 2. The maximum atomic E-state index is 12.4.